The number of sulfonamides is 1. The van der Waals surface area contributed by atoms with Crippen LogP contribution in [0.5, 0.6) is 0 Å². The van der Waals surface area contributed by atoms with Crippen molar-refractivity contribution in [3.8, 4) is 0 Å². The molecule has 1 aromatic carbocycles. The molecule has 2 rings (SSSR count). The normalized spacial score (nSPS) is 16.3. The van der Waals surface area contributed by atoms with Crippen LogP contribution in [0.1, 0.15) is 19.3 Å². The van der Waals surface area contributed by atoms with Gasteiger partial charge in [0.2, 0.25) is 15.9 Å². The molecule has 1 saturated carbocycles. The summed E-state index contributed by atoms with van der Waals surface area (Å²) in [5.74, 6) is 0.298. The quantitative estimate of drug-likeness (QED) is 0.650. The van der Waals surface area contributed by atoms with Crippen LogP contribution in [0.3, 0.4) is 0 Å². The summed E-state index contributed by atoms with van der Waals surface area (Å²) in [5, 5.41) is 3.06. The first-order chi connectivity index (χ1) is 10.4. The van der Waals surface area contributed by atoms with Crippen LogP contribution in [-0.2, 0) is 14.8 Å². The Labute approximate surface area is 135 Å². The van der Waals surface area contributed by atoms with E-state index in [-0.39, 0.29) is 29.8 Å². The van der Waals surface area contributed by atoms with Gasteiger partial charge in [-0.15, -0.1) is 0 Å². The molecule has 122 valence electrons. The van der Waals surface area contributed by atoms with Gasteiger partial charge in [0.05, 0.1) is 4.90 Å². The highest BCUT2D eigenvalue weighted by molar-refractivity contribution is 7.89. The Morgan fingerprint density at radius 3 is 2.77 bits per heavy atom. The Bertz CT molecular complexity index is 632. The fraction of sp³-hybridized carbons (Fsp3) is 0.500. The third-order valence-electron chi connectivity index (χ3n) is 3.51. The van der Waals surface area contributed by atoms with E-state index in [1.54, 1.807) is 12.1 Å². The first kappa shape index (κ1) is 17.2. The van der Waals surface area contributed by atoms with Crippen molar-refractivity contribution in [2.45, 2.75) is 30.2 Å². The monoisotopic (exact) mass is 345 g/mol. The average molecular weight is 346 g/mol. The van der Waals surface area contributed by atoms with Crippen molar-refractivity contribution in [1.29, 1.82) is 0 Å². The number of nitrogens with two attached hydrogens (primary N) is 1. The van der Waals surface area contributed by atoms with Gasteiger partial charge in [-0.3, -0.25) is 4.79 Å². The van der Waals surface area contributed by atoms with E-state index in [0.717, 1.165) is 12.8 Å². The zero-order chi connectivity index (χ0) is 16.2. The van der Waals surface area contributed by atoms with Gasteiger partial charge in [0.25, 0.3) is 0 Å². The van der Waals surface area contributed by atoms with E-state index in [9.17, 15) is 13.2 Å². The number of hydrogen-bond acceptors (Lipinski definition) is 4. The highest BCUT2D eigenvalue weighted by atomic mass is 35.5. The van der Waals surface area contributed by atoms with E-state index in [1.165, 1.54) is 12.1 Å². The summed E-state index contributed by atoms with van der Waals surface area (Å²) in [6.45, 7) is 0.462. The number of halogens is 1. The van der Waals surface area contributed by atoms with Crippen LogP contribution in [0.25, 0.3) is 0 Å². The minimum atomic E-state index is -3.65. The average Bonchev–Trinajstić information content (AvgIpc) is 3.29. The van der Waals surface area contributed by atoms with Crippen LogP contribution in [0.4, 0.5) is 0 Å². The third kappa shape index (κ3) is 5.24. The summed E-state index contributed by atoms with van der Waals surface area (Å²) >= 11 is 5.77. The summed E-state index contributed by atoms with van der Waals surface area (Å²) < 4.78 is 26.4. The van der Waals surface area contributed by atoms with E-state index in [1.807, 2.05) is 0 Å². The second kappa shape index (κ2) is 7.41. The molecule has 4 N–H and O–H groups in total. The molecule has 22 heavy (non-hydrogen) atoms. The molecular weight excluding hydrogens is 326 g/mol. The van der Waals surface area contributed by atoms with E-state index in [2.05, 4.69) is 10.0 Å². The summed E-state index contributed by atoms with van der Waals surface area (Å²) in [5.41, 5.74) is 5.88. The van der Waals surface area contributed by atoms with E-state index < -0.39 is 10.0 Å². The van der Waals surface area contributed by atoms with Crippen LogP contribution in [0.15, 0.2) is 29.2 Å². The molecular formula is C14H20ClN3O3S. The molecule has 1 aliphatic carbocycles. The Hall–Kier alpha value is -1.15. The van der Waals surface area contributed by atoms with Gasteiger partial charge < -0.3 is 11.1 Å². The van der Waals surface area contributed by atoms with Crippen molar-refractivity contribution in [3.63, 3.8) is 0 Å². The smallest absolute Gasteiger partial charge is 0.240 e. The largest absolute Gasteiger partial charge is 0.354 e. The first-order valence-electron chi connectivity index (χ1n) is 7.16. The number of amides is 1. The van der Waals surface area contributed by atoms with Gasteiger partial charge in [-0.1, -0.05) is 17.7 Å². The molecule has 0 saturated heterocycles. The highest BCUT2D eigenvalue weighted by Gasteiger charge is 2.28. The second-order valence-corrected chi connectivity index (χ2v) is 7.61. The number of rotatable bonds is 8. The van der Waals surface area contributed by atoms with Gasteiger partial charge in [-0.25, -0.2) is 13.1 Å². The Balaban J connectivity index is 1.73. The van der Waals surface area contributed by atoms with Crippen LogP contribution < -0.4 is 15.8 Å². The zero-order valence-corrected chi connectivity index (χ0v) is 13.7. The lowest BCUT2D eigenvalue weighted by molar-refractivity contribution is -0.121. The lowest BCUT2D eigenvalue weighted by atomic mass is 10.2. The number of benzene rings is 1. The molecule has 0 aromatic heterocycles. The Kier molecular flexibility index (Phi) is 5.80. The standard InChI is InChI=1S/C14H20ClN3O3S/c15-11-2-1-3-12(8-11)22(20,21)18-7-6-14(19)17-9-13(16)10-4-5-10/h1-3,8,10,13,18H,4-7,9,16H2,(H,17,19). The lowest BCUT2D eigenvalue weighted by Gasteiger charge is -2.12. The molecule has 0 aliphatic heterocycles. The Morgan fingerprint density at radius 2 is 2.14 bits per heavy atom. The van der Waals surface area contributed by atoms with Gasteiger partial charge in [0, 0.05) is 30.6 Å². The second-order valence-electron chi connectivity index (χ2n) is 5.41. The van der Waals surface area contributed by atoms with Gasteiger partial charge in [-0.05, 0) is 37.0 Å². The van der Waals surface area contributed by atoms with Crippen molar-refractivity contribution in [2.24, 2.45) is 11.7 Å². The number of carbonyl (C=O) groups is 1. The van der Waals surface area contributed by atoms with E-state index >= 15 is 0 Å². The van der Waals surface area contributed by atoms with E-state index in [4.69, 9.17) is 17.3 Å². The van der Waals surface area contributed by atoms with Gasteiger partial charge in [-0.2, -0.15) is 0 Å². The van der Waals surface area contributed by atoms with Gasteiger partial charge in [0.15, 0.2) is 0 Å². The van der Waals surface area contributed by atoms with Gasteiger partial charge in [0.1, 0.15) is 0 Å². The number of nitrogens with one attached hydrogen (secondary N) is 2. The maximum atomic E-state index is 12.0. The van der Waals surface area contributed by atoms with Gasteiger partial charge >= 0.3 is 0 Å². The summed E-state index contributed by atoms with van der Waals surface area (Å²) in [6.07, 6.45) is 2.31. The fourth-order valence-corrected chi connectivity index (χ4v) is 3.36. The first-order valence-corrected chi connectivity index (χ1v) is 9.02. The SMILES string of the molecule is NC(CNC(=O)CCNS(=O)(=O)c1cccc(Cl)c1)C1CC1. The molecule has 0 bridgehead atoms. The summed E-state index contributed by atoms with van der Waals surface area (Å²) in [6, 6.07) is 5.95. The zero-order valence-electron chi connectivity index (χ0n) is 12.1. The maximum Gasteiger partial charge on any atom is 0.240 e. The highest BCUT2D eigenvalue weighted by Crippen LogP contribution is 2.31. The van der Waals surface area contributed by atoms with Crippen LogP contribution in [0.2, 0.25) is 5.02 Å². The topological polar surface area (TPSA) is 101 Å². The van der Waals surface area contributed by atoms with Crippen LogP contribution in [-0.4, -0.2) is 33.5 Å². The molecule has 0 radical (unpaired) electrons. The Morgan fingerprint density at radius 1 is 1.41 bits per heavy atom. The van der Waals surface area contributed by atoms with Crippen LogP contribution >= 0.6 is 11.6 Å². The predicted molar refractivity (Wildman–Crippen MR) is 85.0 cm³/mol. The number of carbonyl (C=O) groups excluding carboxylic acids is 1. The molecule has 6 nitrogen and oxygen atoms in total. The van der Waals surface area contributed by atoms with Crippen molar-refractivity contribution >= 4 is 27.5 Å². The fourth-order valence-electron chi connectivity index (χ4n) is 2.03. The summed E-state index contributed by atoms with van der Waals surface area (Å²) in [7, 11) is -3.65. The minimum absolute atomic E-state index is 0.00731. The molecule has 1 fully saturated rings. The molecule has 8 heteroatoms. The molecule has 0 heterocycles. The van der Waals surface area contributed by atoms with Crippen molar-refractivity contribution in [1.82, 2.24) is 10.0 Å². The molecule has 1 aromatic rings. The third-order valence-corrected chi connectivity index (χ3v) is 5.21. The molecule has 0 spiro atoms. The predicted octanol–water partition coefficient (Wildman–Crippen LogP) is 0.862. The molecule has 1 aliphatic rings. The molecule has 1 atom stereocenters. The summed E-state index contributed by atoms with van der Waals surface area (Å²) in [4.78, 5) is 11.7. The minimum Gasteiger partial charge on any atom is -0.354 e. The van der Waals surface area contributed by atoms with Crippen molar-refractivity contribution < 1.29 is 13.2 Å². The van der Waals surface area contributed by atoms with E-state index in [0.29, 0.717) is 17.5 Å². The van der Waals surface area contributed by atoms with Crippen LogP contribution in [0, 0.1) is 5.92 Å². The maximum absolute atomic E-state index is 12.0. The molecule has 1 amide bonds. The number of hydrogen-bond donors (Lipinski definition) is 3. The molecule has 1 unspecified atom stereocenters. The van der Waals surface area contributed by atoms with Crippen molar-refractivity contribution in [2.75, 3.05) is 13.1 Å². The lowest BCUT2D eigenvalue weighted by Crippen LogP contribution is -2.39. The van der Waals surface area contributed by atoms with Crippen molar-refractivity contribution in [3.05, 3.63) is 29.3 Å².